The lowest BCUT2D eigenvalue weighted by atomic mass is 9.88. The fourth-order valence-corrected chi connectivity index (χ4v) is 4.29. The van der Waals surface area contributed by atoms with Crippen molar-refractivity contribution >= 4 is 17.3 Å². The number of benzene rings is 1. The summed E-state index contributed by atoms with van der Waals surface area (Å²) >= 11 is 0. The number of amides is 1. The number of anilines is 2. The zero-order valence-electron chi connectivity index (χ0n) is 13.0. The van der Waals surface area contributed by atoms with Crippen LogP contribution in [0.5, 0.6) is 0 Å². The first-order valence-corrected chi connectivity index (χ1v) is 7.98. The zero-order chi connectivity index (χ0) is 14.7. The van der Waals surface area contributed by atoms with E-state index in [1.165, 1.54) is 11.3 Å². The summed E-state index contributed by atoms with van der Waals surface area (Å²) in [5, 5.41) is 0. The zero-order valence-corrected chi connectivity index (χ0v) is 13.0. The van der Waals surface area contributed by atoms with Crippen LogP contribution in [0, 0.1) is 0 Å². The molecule has 2 atom stereocenters. The van der Waals surface area contributed by atoms with E-state index < -0.39 is 0 Å². The van der Waals surface area contributed by atoms with Crippen molar-refractivity contribution in [3.8, 4) is 0 Å². The van der Waals surface area contributed by atoms with E-state index in [1.807, 2.05) is 11.9 Å². The van der Waals surface area contributed by atoms with E-state index in [-0.39, 0.29) is 5.91 Å². The highest BCUT2D eigenvalue weighted by atomic mass is 16.2. The first-order valence-electron chi connectivity index (χ1n) is 7.98. The van der Waals surface area contributed by atoms with E-state index in [9.17, 15) is 4.79 Å². The van der Waals surface area contributed by atoms with Crippen molar-refractivity contribution in [2.75, 3.05) is 36.5 Å². The minimum Gasteiger partial charge on any atom is -0.357 e. The molecule has 3 aliphatic rings. The van der Waals surface area contributed by atoms with Gasteiger partial charge in [0.25, 0.3) is 0 Å². The van der Waals surface area contributed by atoms with Gasteiger partial charge in [-0.1, -0.05) is 12.1 Å². The van der Waals surface area contributed by atoms with E-state index in [0.29, 0.717) is 24.5 Å². The SMILES string of the molecule is CC(C)N1CCC2C(C1)c1cccc3c1N2CC(=O)N3C. The summed E-state index contributed by atoms with van der Waals surface area (Å²) in [4.78, 5) is 19.1. The van der Waals surface area contributed by atoms with E-state index in [0.717, 1.165) is 25.2 Å². The number of likely N-dealkylation sites (N-methyl/N-ethyl adjacent to an activating group) is 1. The van der Waals surface area contributed by atoms with Gasteiger partial charge in [0.2, 0.25) is 5.91 Å². The van der Waals surface area contributed by atoms with E-state index in [1.54, 1.807) is 0 Å². The predicted octanol–water partition coefficient (Wildman–Crippen LogP) is 2.05. The van der Waals surface area contributed by atoms with Crippen LogP contribution >= 0.6 is 0 Å². The first-order chi connectivity index (χ1) is 10.1. The van der Waals surface area contributed by atoms with Crippen molar-refractivity contribution < 1.29 is 4.79 Å². The molecule has 0 radical (unpaired) electrons. The second kappa shape index (κ2) is 4.47. The van der Waals surface area contributed by atoms with Gasteiger partial charge < -0.3 is 14.7 Å². The molecule has 4 rings (SSSR count). The van der Waals surface area contributed by atoms with Crippen molar-refractivity contribution in [2.45, 2.75) is 38.3 Å². The summed E-state index contributed by atoms with van der Waals surface area (Å²) in [6.45, 7) is 7.36. The molecular formula is C17H23N3O. The maximum atomic E-state index is 12.3. The van der Waals surface area contributed by atoms with Crippen molar-refractivity contribution in [1.29, 1.82) is 0 Å². The quantitative estimate of drug-likeness (QED) is 0.790. The standard InChI is InChI=1S/C17H23N3O/c1-11(2)19-8-7-14-13(9-19)12-5-4-6-15-17(12)20(14)10-16(21)18(15)3/h4-6,11,13-14H,7-10H2,1-3H3. The minimum absolute atomic E-state index is 0.214. The molecule has 1 fully saturated rings. The molecule has 0 N–H and O–H groups in total. The highest BCUT2D eigenvalue weighted by molar-refractivity contribution is 6.04. The number of fused-ring (bicyclic) bond motifs is 3. The fourth-order valence-electron chi connectivity index (χ4n) is 4.29. The van der Waals surface area contributed by atoms with Gasteiger partial charge in [-0.2, -0.15) is 0 Å². The number of nitrogens with zero attached hydrogens (tertiary/aromatic N) is 3. The van der Waals surface area contributed by atoms with Crippen LogP contribution in [0.4, 0.5) is 11.4 Å². The molecule has 1 amide bonds. The van der Waals surface area contributed by atoms with E-state index in [4.69, 9.17) is 0 Å². The van der Waals surface area contributed by atoms with Crippen molar-refractivity contribution in [1.82, 2.24) is 4.90 Å². The number of piperidine rings is 1. The summed E-state index contributed by atoms with van der Waals surface area (Å²) in [5.41, 5.74) is 3.86. The Morgan fingerprint density at radius 2 is 2.10 bits per heavy atom. The highest BCUT2D eigenvalue weighted by Crippen LogP contribution is 2.50. The Balaban J connectivity index is 1.78. The molecule has 1 saturated heterocycles. The number of rotatable bonds is 1. The molecule has 4 nitrogen and oxygen atoms in total. The summed E-state index contributed by atoms with van der Waals surface area (Å²) in [5.74, 6) is 0.766. The maximum Gasteiger partial charge on any atom is 0.246 e. The molecule has 1 aromatic rings. The van der Waals surface area contributed by atoms with Crippen LogP contribution in [0.25, 0.3) is 0 Å². The molecule has 0 bridgehead atoms. The molecule has 21 heavy (non-hydrogen) atoms. The molecule has 4 heteroatoms. The molecule has 0 saturated carbocycles. The third-order valence-corrected chi connectivity index (χ3v) is 5.51. The summed E-state index contributed by atoms with van der Waals surface area (Å²) in [7, 11) is 1.90. The molecule has 2 unspecified atom stereocenters. The third-order valence-electron chi connectivity index (χ3n) is 5.51. The van der Waals surface area contributed by atoms with Gasteiger partial charge in [0.1, 0.15) is 0 Å². The van der Waals surface area contributed by atoms with Crippen molar-refractivity contribution in [2.24, 2.45) is 0 Å². The normalized spacial score (nSPS) is 28.1. The van der Waals surface area contributed by atoms with Crippen LogP contribution in [-0.2, 0) is 4.79 Å². The molecule has 0 aliphatic carbocycles. The topological polar surface area (TPSA) is 26.8 Å². The van der Waals surface area contributed by atoms with Gasteiger partial charge in [0.05, 0.1) is 17.9 Å². The van der Waals surface area contributed by atoms with Gasteiger partial charge in [0.15, 0.2) is 0 Å². The van der Waals surface area contributed by atoms with E-state index >= 15 is 0 Å². The summed E-state index contributed by atoms with van der Waals surface area (Å²) < 4.78 is 0. The third kappa shape index (κ3) is 1.75. The maximum absolute atomic E-state index is 12.3. The number of para-hydroxylation sites is 1. The monoisotopic (exact) mass is 285 g/mol. The number of carbonyl (C=O) groups excluding carboxylic acids is 1. The number of likely N-dealkylation sites (tertiary alicyclic amines) is 1. The Kier molecular flexibility index (Phi) is 2.80. The van der Waals surface area contributed by atoms with Crippen LogP contribution in [0.1, 0.15) is 31.7 Å². The van der Waals surface area contributed by atoms with Gasteiger partial charge in [-0.25, -0.2) is 0 Å². The average Bonchev–Trinajstić information content (AvgIpc) is 2.79. The number of carbonyl (C=O) groups is 1. The molecule has 1 aromatic carbocycles. The molecule has 3 heterocycles. The lowest BCUT2D eigenvalue weighted by Crippen LogP contribution is -2.52. The second-order valence-corrected chi connectivity index (χ2v) is 6.85. The second-order valence-electron chi connectivity index (χ2n) is 6.85. The molecule has 112 valence electrons. The number of hydrogen-bond acceptors (Lipinski definition) is 3. The predicted molar refractivity (Wildman–Crippen MR) is 85.1 cm³/mol. The molecular weight excluding hydrogens is 262 g/mol. The summed E-state index contributed by atoms with van der Waals surface area (Å²) in [6, 6.07) is 7.57. The Morgan fingerprint density at radius 1 is 1.29 bits per heavy atom. The van der Waals surface area contributed by atoms with Gasteiger partial charge >= 0.3 is 0 Å². The number of hydrogen-bond donors (Lipinski definition) is 0. The van der Waals surface area contributed by atoms with Crippen LogP contribution < -0.4 is 9.80 Å². The van der Waals surface area contributed by atoms with Gasteiger partial charge in [-0.3, -0.25) is 4.79 Å². The molecule has 0 spiro atoms. The van der Waals surface area contributed by atoms with E-state index in [2.05, 4.69) is 41.8 Å². The molecule has 0 aromatic heterocycles. The van der Waals surface area contributed by atoms with Crippen LogP contribution in [-0.4, -0.2) is 49.6 Å². The van der Waals surface area contributed by atoms with Gasteiger partial charge in [-0.15, -0.1) is 0 Å². The van der Waals surface area contributed by atoms with Gasteiger partial charge in [0, 0.05) is 38.1 Å². The average molecular weight is 285 g/mol. The van der Waals surface area contributed by atoms with Crippen molar-refractivity contribution in [3.63, 3.8) is 0 Å². The Labute approximate surface area is 126 Å². The van der Waals surface area contributed by atoms with Crippen molar-refractivity contribution in [3.05, 3.63) is 23.8 Å². The molecule has 3 aliphatic heterocycles. The fraction of sp³-hybridized carbons (Fsp3) is 0.588. The van der Waals surface area contributed by atoms with Crippen LogP contribution in [0.15, 0.2) is 18.2 Å². The Morgan fingerprint density at radius 3 is 2.86 bits per heavy atom. The first kappa shape index (κ1) is 13.1. The lowest BCUT2D eigenvalue weighted by molar-refractivity contribution is -0.117. The Bertz CT molecular complexity index is 598. The highest BCUT2D eigenvalue weighted by Gasteiger charge is 2.46. The van der Waals surface area contributed by atoms with Gasteiger partial charge in [-0.05, 0) is 31.9 Å². The largest absolute Gasteiger partial charge is 0.357 e. The minimum atomic E-state index is 0.214. The van der Waals surface area contributed by atoms with Crippen LogP contribution in [0.3, 0.4) is 0 Å². The Hall–Kier alpha value is -1.55. The van der Waals surface area contributed by atoms with Crippen LogP contribution in [0.2, 0.25) is 0 Å². The smallest absolute Gasteiger partial charge is 0.246 e. The lowest BCUT2D eigenvalue weighted by Gasteiger charge is -2.42. The summed E-state index contributed by atoms with van der Waals surface area (Å²) in [6.07, 6.45) is 1.16.